The summed E-state index contributed by atoms with van der Waals surface area (Å²) in [5, 5.41) is 9.98. The van der Waals surface area contributed by atoms with Gasteiger partial charge in [-0.2, -0.15) is 5.26 Å². The van der Waals surface area contributed by atoms with Crippen molar-refractivity contribution in [1.82, 2.24) is 15.0 Å². The summed E-state index contributed by atoms with van der Waals surface area (Å²) in [7, 11) is 0. The molecule has 0 N–H and O–H groups in total. The predicted octanol–water partition coefficient (Wildman–Crippen LogP) is 13.7. The van der Waals surface area contributed by atoms with Gasteiger partial charge in [0.15, 0.2) is 17.5 Å². The first-order valence-corrected chi connectivity index (χ1v) is 19.9. The number of fused-ring (bicyclic) bond motifs is 3. The lowest BCUT2D eigenvalue weighted by atomic mass is 9.82. The molecule has 9 aromatic rings. The monoisotopic (exact) mass is 754 g/mol. The van der Waals surface area contributed by atoms with Crippen LogP contribution in [0.15, 0.2) is 194 Å². The molecule has 1 aliphatic carbocycles. The second-order valence-electron chi connectivity index (χ2n) is 15.6. The Balaban J connectivity index is 1.01. The van der Waals surface area contributed by atoms with E-state index in [-0.39, 0.29) is 5.41 Å². The van der Waals surface area contributed by atoms with Crippen molar-refractivity contribution in [3.8, 4) is 95.9 Å². The molecular formula is C55H38N4. The summed E-state index contributed by atoms with van der Waals surface area (Å²) in [6.07, 6.45) is 0. The largest absolute Gasteiger partial charge is 0.208 e. The second-order valence-corrected chi connectivity index (χ2v) is 15.6. The minimum Gasteiger partial charge on any atom is -0.208 e. The minimum atomic E-state index is -0.163. The molecule has 0 atom stereocenters. The molecule has 1 heterocycles. The minimum absolute atomic E-state index is 0.163. The van der Waals surface area contributed by atoms with Crippen molar-refractivity contribution >= 4 is 0 Å². The van der Waals surface area contributed by atoms with E-state index in [9.17, 15) is 5.26 Å². The van der Waals surface area contributed by atoms with Crippen LogP contribution >= 0.6 is 0 Å². The maximum atomic E-state index is 9.98. The average Bonchev–Trinajstić information content (AvgIpc) is 3.55. The van der Waals surface area contributed by atoms with Gasteiger partial charge in [0.1, 0.15) is 0 Å². The summed E-state index contributed by atoms with van der Waals surface area (Å²) in [5.41, 5.74) is 16.9. The van der Waals surface area contributed by atoms with Gasteiger partial charge in [-0.05, 0) is 85.5 Å². The van der Waals surface area contributed by atoms with Crippen molar-refractivity contribution in [2.75, 3.05) is 0 Å². The zero-order chi connectivity index (χ0) is 39.9. The Hall–Kier alpha value is -7.74. The Morgan fingerprint density at radius 1 is 0.356 bits per heavy atom. The molecule has 0 unspecified atom stereocenters. The number of nitrogens with zero attached hydrogens (tertiary/aromatic N) is 4. The van der Waals surface area contributed by atoms with Crippen LogP contribution in [0.5, 0.6) is 0 Å². The van der Waals surface area contributed by atoms with Gasteiger partial charge in [-0.3, -0.25) is 0 Å². The molecule has 1 aromatic heterocycles. The summed E-state index contributed by atoms with van der Waals surface area (Å²) in [4.78, 5) is 15.3. The van der Waals surface area contributed by atoms with E-state index in [2.05, 4.69) is 190 Å². The van der Waals surface area contributed by atoms with E-state index in [1.165, 1.54) is 11.1 Å². The maximum absolute atomic E-state index is 9.98. The number of aromatic nitrogens is 3. The van der Waals surface area contributed by atoms with Crippen LogP contribution in [0.25, 0.3) is 89.8 Å². The first kappa shape index (κ1) is 35.7. The van der Waals surface area contributed by atoms with E-state index in [0.29, 0.717) is 17.5 Å². The van der Waals surface area contributed by atoms with Crippen molar-refractivity contribution in [3.63, 3.8) is 0 Å². The van der Waals surface area contributed by atoms with Crippen LogP contribution in [0.1, 0.15) is 30.5 Å². The third-order valence-electron chi connectivity index (χ3n) is 11.6. The molecule has 0 radical (unpaired) electrons. The molecule has 4 heteroatoms. The average molecular weight is 755 g/mol. The van der Waals surface area contributed by atoms with Crippen molar-refractivity contribution < 1.29 is 0 Å². The van der Waals surface area contributed by atoms with Crippen molar-refractivity contribution in [2.45, 2.75) is 19.3 Å². The Morgan fingerprint density at radius 2 is 0.746 bits per heavy atom. The van der Waals surface area contributed by atoms with Crippen LogP contribution in [0.2, 0.25) is 0 Å². The smallest absolute Gasteiger partial charge is 0.164 e. The van der Waals surface area contributed by atoms with Crippen LogP contribution in [-0.4, -0.2) is 15.0 Å². The highest BCUT2D eigenvalue weighted by atomic mass is 15.0. The number of rotatable bonds is 7. The van der Waals surface area contributed by atoms with Gasteiger partial charge in [0.05, 0.1) is 11.6 Å². The zero-order valence-corrected chi connectivity index (χ0v) is 32.8. The fourth-order valence-corrected chi connectivity index (χ4v) is 8.44. The standard InChI is InChI=1S/C55H38N4/c1-55(2)49-31-30-44(34-48(49)51-47(35-56)20-11-21-50(51)55)40-24-22-39(23-25-40)43-17-10-19-46(33-43)54-58-52(41-28-26-38(27-29-41)36-12-5-3-6-13-36)57-53(59-54)45-18-9-16-42(32-45)37-14-7-4-8-15-37/h3-34H,1-2H3. The van der Waals surface area contributed by atoms with E-state index >= 15 is 0 Å². The summed E-state index contributed by atoms with van der Waals surface area (Å²) < 4.78 is 0. The first-order valence-electron chi connectivity index (χ1n) is 19.9. The molecule has 0 aliphatic heterocycles. The highest BCUT2D eigenvalue weighted by Gasteiger charge is 2.36. The van der Waals surface area contributed by atoms with Crippen LogP contribution in [0.4, 0.5) is 0 Å². The van der Waals surface area contributed by atoms with Gasteiger partial charge in [-0.15, -0.1) is 0 Å². The van der Waals surface area contributed by atoms with E-state index < -0.39 is 0 Å². The lowest BCUT2D eigenvalue weighted by Gasteiger charge is -2.21. The number of hydrogen-bond acceptors (Lipinski definition) is 4. The summed E-state index contributed by atoms with van der Waals surface area (Å²) in [6.45, 7) is 4.49. The van der Waals surface area contributed by atoms with Gasteiger partial charge in [0.25, 0.3) is 0 Å². The maximum Gasteiger partial charge on any atom is 0.164 e. The third kappa shape index (κ3) is 6.59. The molecule has 59 heavy (non-hydrogen) atoms. The molecule has 278 valence electrons. The first-order chi connectivity index (χ1) is 28.9. The van der Waals surface area contributed by atoms with Gasteiger partial charge < -0.3 is 0 Å². The molecule has 0 saturated heterocycles. The SMILES string of the molecule is CC1(C)c2ccc(-c3ccc(-c4cccc(-c5nc(-c6ccc(-c7ccccc7)cc6)nc(-c6cccc(-c7ccccc7)c6)n5)c4)cc3)cc2-c2c(C#N)cccc21. The van der Waals surface area contributed by atoms with Crippen molar-refractivity contribution in [3.05, 3.63) is 211 Å². The highest BCUT2D eigenvalue weighted by Crippen LogP contribution is 2.51. The van der Waals surface area contributed by atoms with Gasteiger partial charge in [0.2, 0.25) is 0 Å². The Kier molecular flexibility index (Phi) is 8.85. The fraction of sp³-hybridized carbons (Fsp3) is 0.0545. The normalized spacial score (nSPS) is 12.4. The molecule has 4 nitrogen and oxygen atoms in total. The summed E-state index contributed by atoms with van der Waals surface area (Å²) >= 11 is 0. The van der Waals surface area contributed by atoms with Gasteiger partial charge >= 0.3 is 0 Å². The van der Waals surface area contributed by atoms with E-state index in [4.69, 9.17) is 15.0 Å². The Labute approximate surface area is 344 Å². The molecule has 0 spiro atoms. The van der Waals surface area contributed by atoms with Crippen LogP contribution in [-0.2, 0) is 5.41 Å². The van der Waals surface area contributed by atoms with Crippen LogP contribution in [0.3, 0.4) is 0 Å². The number of hydrogen-bond donors (Lipinski definition) is 0. The van der Waals surface area contributed by atoms with Gasteiger partial charge in [0, 0.05) is 27.7 Å². The van der Waals surface area contributed by atoms with Crippen LogP contribution < -0.4 is 0 Å². The van der Waals surface area contributed by atoms with Gasteiger partial charge in [-0.1, -0.05) is 184 Å². The molecule has 10 rings (SSSR count). The molecule has 0 bridgehead atoms. The fourth-order valence-electron chi connectivity index (χ4n) is 8.44. The quantitative estimate of drug-likeness (QED) is 0.163. The Morgan fingerprint density at radius 3 is 1.29 bits per heavy atom. The molecule has 0 saturated carbocycles. The van der Waals surface area contributed by atoms with E-state index in [1.54, 1.807) is 0 Å². The van der Waals surface area contributed by atoms with E-state index in [0.717, 1.165) is 77.9 Å². The predicted molar refractivity (Wildman–Crippen MR) is 240 cm³/mol. The van der Waals surface area contributed by atoms with Crippen molar-refractivity contribution in [2.24, 2.45) is 0 Å². The van der Waals surface area contributed by atoms with Crippen molar-refractivity contribution in [1.29, 1.82) is 5.26 Å². The Bertz CT molecular complexity index is 3050. The topological polar surface area (TPSA) is 62.5 Å². The zero-order valence-electron chi connectivity index (χ0n) is 32.8. The van der Waals surface area contributed by atoms with E-state index in [1.807, 2.05) is 24.3 Å². The summed E-state index contributed by atoms with van der Waals surface area (Å²) in [6, 6.07) is 69.9. The number of benzene rings is 8. The lowest BCUT2D eigenvalue weighted by Crippen LogP contribution is -2.14. The second kappa shape index (κ2) is 14.6. The van der Waals surface area contributed by atoms with Gasteiger partial charge in [-0.25, -0.2) is 15.0 Å². The molecule has 0 fully saturated rings. The summed E-state index contributed by atoms with van der Waals surface area (Å²) in [5.74, 6) is 1.84. The number of nitriles is 1. The highest BCUT2D eigenvalue weighted by molar-refractivity contribution is 5.88. The third-order valence-corrected chi connectivity index (χ3v) is 11.6. The van der Waals surface area contributed by atoms with Crippen LogP contribution in [0, 0.1) is 11.3 Å². The molecule has 1 aliphatic rings. The molecular weight excluding hydrogens is 717 g/mol. The lowest BCUT2D eigenvalue weighted by molar-refractivity contribution is 0.660. The molecule has 8 aromatic carbocycles. The molecule has 0 amide bonds.